The first-order valence-corrected chi connectivity index (χ1v) is 3.33. The van der Waals surface area contributed by atoms with Gasteiger partial charge in [-0.1, -0.05) is 11.6 Å². The Balaban J connectivity index is 3.34. The summed E-state index contributed by atoms with van der Waals surface area (Å²) in [6.45, 7) is 0. The lowest BCUT2D eigenvalue weighted by molar-refractivity contribution is 0.0690. The highest BCUT2D eigenvalue weighted by Gasteiger charge is 2.11. The first-order valence-electron chi connectivity index (χ1n) is 2.95. The predicted octanol–water partition coefficient (Wildman–Crippen LogP) is 1.30. The molecule has 0 saturated heterocycles. The van der Waals surface area contributed by atoms with Crippen LogP contribution in [-0.4, -0.2) is 16.1 Å². The van der Waals surface area contributed by atoms with Gasteiger partial charge >= 0.3 is 5.97 Å². The van der Waals surface area contributed by atoms with Crippen molar-refractivity contribution >= 4 is 17.6 Å². The van der Waals surface area contributed by atoms with Crippen LogP contribution in [0.25, 0.3) is 0 Å². The Morgan fingerprint density at radius 3 is 2.83 bits per heavy atom. The molecule has 1 heterocycles. The van der Waals surface area contributed by atoms with Crippen molar-refractivity contribution in [2.45, 2.75) is 0 Å². The molecule has 0 aromatic carbocycles. The highest BCUT2D eigenvalue weighted by Crippen LogP contribution is 2.10. The summed E-state index contributed by atoms with van der Waals surface area (Å²) in [5, 5.41) is 17.1. The zero-order valence-corrected chi connectivity index (χ0v) is 6.54. The van der Waals surface area contributed by atoms with Crippen LogP contribution in [0.5, 0.6) is 0 Å². The topological polar surface area (TPSA) is 74.0 Å². The molecule has 1 rings (SSSR count). The van der Waals surface area contributed by atoms with E-state index in [-0.39, 0.29) is 16.4 Å². The van der Waals surface area contributed by atoms with Crippen LogP contribution in [0.4, 0.5) is 0 Å². The van der Waals surface area contributed by atoms with Crippen molar-refractivity contribution in [3.8, 4) is 6.07 Å². The minimum atomic E-state index is -1.26. The number of carbonyl (C=O) groups is 1. The normalized spacial score (nSPS) is 9.00. The van der Waals surface area contributed by atoms with Crippen LogP contribution in [-0.2, 0) is 0 Å². The smallest absolute Gasteiger partial charge is 0.355 e. The van der Waals surface area contributed by atoms with Gasteiger partial charge in [0.25, 0.3) is 0 Å². The maximum absolute atomic E-state index is 10.5. The number of halogens is 1. The van der Waals surface area contributed by atoms with E-state index in [1.165, 1.54) is 12.1 Å². The number of nitrogens with zero attached hydrogens (tertiary/aromatic N) is 2. The maximum atomic E-state index is 10.5. The van der Waals surface area contributed by atoms with Crippen LogP contribution < -0.4 is 0 Å². The number of rotatable bonds is 1. The summed E-state index contributed by atoms with van der Waals surface area (Å²) in [5.41, 5.74) is -0.308. The third kappa shape index (κ3) is 1.52. The van der Waals surface area contributed by atoms with E-state index >= 15 is 0 Å². The highest BCUT2D eigenvalue weighted by molar-refractivity contribution is 6.29. The molecule has 0 saturated carbocycles. The van der Waals surface area contributed by atoms with Crippen molar-refractivity contribution in [2.24, 2.45) is 0 Å². The van der Waals surface area contributed by atoms with Crippen LogP contribution in [0, 0.1) is 11.3 Å². The third-order valence-corrected chi connectivity index (χ3v) is 1.39. The average Bonchev–Trinajstić information content (AvgIpc) is 2.04. The molecule has 1 N–H and O–H groups in total. The summed E-state index contributed by atoms with van der Waals surface area (Å²) in [6.07, 6.45) is 0. The Morgan fingerprint density at radius 2 is 2.33 bits per heavy atom. The molecule has 1 aromatic heterocycles. The van der Waals surface area contributed by atoms with Crippen molar-refractivity contribution < 1.29 is 9.90 Å². The fourth-order valence-corrected chi connectivity index (χ4v) is 0.836. The van der Waals surface area contributed by atoms with Gasteiger partial charge in [-0.05, 0) is 12.1 Å². The molecule has 5 heteroatoms. The minimum Gasteiger partial charge on any atom is -0.476 e. The molecule has 0 amide bonds. The number of carboxylic acid groups (broad SMARTS) is 1. The molecule has 12 heavy (non-hydrogen) atoms. The molecular weight excluding hydrogens is 180 g/mol. The van der Waals surface area contributed by atoms with Crippen LogP contribution in [0.15, 0.2) is 12.1 Å². The summed E-state index contributed by atoms with van der Waals surface area (Å²) in [6, 6.07) is 4.39. The van der Waals surface area contributed by atoms with E-state index in [0.717, 1.165) is 0 Å². The quantitative estimate of drug-likeness (QED) is 0.665. The van der Waals surface area contributed by atoms with Crippen molar-refractivity contribution in [3.63, 3.8) is 0 Å². The van der Waals surface area contributed by atoms with E-state index < -0.39 is 5.97 Å². The van der Waals surface area contributed by atoms with Gasteiger partial charge in [0.15, 0.2) is 5.69 Å². The summed E-state index contributed by atoms with van der Waals surface area (Å²) in [4.78, 5) is 13.9. The Morgan fingerprint density at radius 1 is 1.67 bits per heavy atom. The van der Waals surface area contributed by atoms with Crippen LogP contribution in [0.1, 0.15) is 16.1 Å². The molecular formula is C7H3ClN2O2. The lowest BCUT2D eigenvalue weighted by Gasteiger charge is -1.95. The first kappa shape index (κ1) is 8.50. The fourth-order valence-electron chi connectivity index (χ4n) is 0.689. The maximum Gasteiger partial charge on any atom is 0.355 e. The summed E-state index contributed by atoms with van der Waals surface area (Å²) >= 11 is 5.43. The molecule has 0 radical (unpaired) electrons. The van der Waals surface area contributed by atoms with E-state index in [2.05, 4.69) is 4.98 Å². The molecule has 60 valence electrons. The number of aromatic nitrogens is 1. The fraction of sp³-hybridized carbons (Fsp3) is 0. The average molecular weight is 183 g/mol. The summed E-state index contributed by atoms with van der Waals surface area (Å²) in [5.74, 6) is -1.26. The van der Waals surface area contributed by atoms with Gasteiger partial charge < -0.3 is 5.11 Å². The molecule has 0 aliphatic rings. The van der Waals surface area contributed by atoms with E-state index in [1.54, 1.807) is 6.07 Å². The van der Waals surface area contributed by atoms with Crippen molar-refractivity contribution in [2.75, 3.05) is 0 Å². The molecule has 0 atom stereocenters. The van der Waals surface area contributed by atoms with E-state index in [0.29, 0.717) is 0 Å². The minimum absolute atomic E-state index is 0.00639. The molecule has 0 spiro atoms. The number of nitriles is 1. The third-order valence-electron chi connectivity index (χ3n) is 1.18. The summed E-state index contributed by atoms with van der Waals surface area (Å²) in [7, 11) is 0. The van der Waals surface area contributed by atoms with Gasteiger partial charge in [0.2, 0.25) is 0 Å². The van der Waals surface area contributed by atoms with Gasteiger partial charge in [0.1, 0.15) is 11.2 Å². The van der Waals surface area contributed by atoms with Crippen LogP contribution >= 0.6 is 11.6 Å². The van der Waals surface area contributed by atoms with Gasteiger partial charge in [-0.15, -0.1) is 0 Å². The number of aromatic carboxylic acids is 1. The van der Waals surface area contributed by atoms with Crippen molar-refractivity contribution in [1.29, 1.82) is 5.26 Å². The Kier molecular flexibility index (Phi) is 2.26. The van der Waals surface area contributed by atoms with Crippen molar-refractivity contribution in [1.82, 2.24) is 4.98 Å². The second-order valence-electron chi connectivity index (χ2n) is 1.95. The Hall–Kier alpha value is -1.60. The zero-order chi connectivity index (χ0) is 9.14. The lowest BCUT2D eigenvalue weighted by Crippen LogP contribution is -2.03. The number of carboxylic acids is 1. The number of hydrogen-bond acceptors (Lipinski definition) is 3. The van der Waals surface area contributed by atoms with Gasteiger partial charge in [-0.2, -0.15) is 5.26 Å². The SMILES string of the molecule is N#Cc1ccc(Cl)nc1C(=O)O. The highest BCUT2D eigenvalue weighted by atomic mass is 35.5. The van der Waals surface area contributed by atoms with Gasteiger partial charge in [0, 0.05) is 0 Å². The van der Waals surface area contributed by atoms with Crippen LogP contribution in [0.3, 0.4) is 0 Å². The van der Waals surface area contributed by atoms with Gasteiger partial charge in [-0.3, -0.25) is 0 Å². The largest absolute Gasteiger partial charge is 0.476 e. The number of hydrogen-bond donors (Lipinski definition) is 1. The molecule has 0 aliphatic carbocycles. The second-order valence-corrected chi connectivity index (χ2v) is 2.33. The summed E-state index contributed by atoms with van der Waals surface area (Å²) < 4.78 is 0. The van der Waals surface area contributed by atoms with Crippen LogP contribution in [0.2, 0.25) is 5.15 Å². The molecule has 4 nitrogen and oxygen atoms in total. The Bertz CT molecular complexity index is 370. The molecule has 0 bridgehead atoms. The predicted molar refractivity (Wildman–Crippen MR) is 40.9 cm³/mol. The van der Waals surface area contributed by atoms with Gasteiger partial charge in [-0.25, -0.2) is 9.78 Å². The monoisotopic (exact) mass is 182 g/mol. The second kappa shape index (κ2) is 3.20. The molecule has 1 aromatic rings. The van der Waals surface area contributed by atoms with E-state index in [9.17, 15) is 4.79 Å². The lowest BCUT2D eigenvalue weighted by atomic mass is 10.2. The Labute approximate surface area is 73.0 Å². The molecule has 0 unspecified atom stereocenters. The first-order chi connectivity index (χ1) is 5.65. The molecule has 0 fully saturated rings. The zero-order valence-electron chi connectivity index (χ0n) is 5.78. The van der Waals surface area contributed by atoms with E-state index in [1.807, 2.05) is 0 Å². The standard InChI is InChI=1S/C7H3ClN2O2/c8-5-2-1-4(3-9)6(10-5)7(11)12/h1-2H,(H,11,12). The molecule has 0 aliphatic heterocycles. The van der Waals surface area contributed by atoms with Gasteiger partial charge in [0.05, 0.1) is 5.56 Å². The van der Waals surface area contributed by atoms with Crippen molar-refractivity contribution in [3.05, 3.63) is 28.5 Å². The number of pyridine rings is 1. The van der Waals surface area contributed by atoms with E-state index in [4.69, 9.17) is 22.0 Å².